The quantitative estimate of drug-likeness (QED) is 0.724. The molecule has 1 fully saturated rings. The van der Waals surface area contributed by atoms with E-state index in [4.69, 9.17) is 4.52 Å². The van der Waals surface area contributed by atoms with Gasteiger partial charge in [0, 0.05) is 6.04 Å². The maximum Gasteiger partial charge on any atom is 0.240 e. The Morgan fingerprint density at radius 2 is 2.29 bits per heavy atom. The molecule has 14 heavy (non-hydrogen) atoms. The summed E-state index contributed by atoms with van der Waals surface area (Å²) in [7, 11) is 0. The van der Waals surface area contributed by atoms with Gasteiger partial charge in [0.2, 0.25) is 5.89 Å². The molecule has 1 aromatic heterocycles. The van der Waals surface area contributed by atoms with Crippen LogP contribution in [0.25, 0.3) is 0 Å². The van der Waals surface area contributed by atoms with E-state index in [1.165, 1.54) is 12.8 Å². The monoisotopic (exact) mass is 196 g/mol. The van der Waals surface area contributed by atoms with Crippen LogP contribution in [0, 0.1) is 6.92 Å². The average molecular weight is 196 g/mol. The lowest BCUT2D eigenvalue weighted by molar-refractivity contribution is 0.332. The molecule has 0 bridgehead atoms. The summed E-state index contributed by atoms with van der Waals surface area (Å²) in [6, 6.07) is 0.587. The molecule has 0 spiro atoms. The first-order valence-corrected chi connectivity index (χ1v) is 5.08. The Hall–Kier alpha value is -0.940. The van der Waals surface area contributed by atoms with E-state index in [9.17, 15) is 0 Å². The van der Waals surface area contributed by atoms with Crippen molar-refractivity contribution in [2.75, 3.05) is 13.1 Å². The zero-order valence-electron chi connectivity index (χ0n) is 8.42. The number of aryl methyl sites for hydroxylation is 1. The first kappa shape index (κ1) is 9.61. The van der Waals surface area contributed by atoms with Crippen LogP contribution in [0.1, 0.15) is 24.6 Å². The predicted octanol–water partition coefficient (Wildman–Crippen LogP) is 0.220. The third kappa shape index (κ3) is 2.52. The van der Waals surface area contributed by atoms with E-state index in [0.717, 1.165) is 13.1 Å². The first-order chi connectivity index (χ1) is 6.84. The van der Waals surface area contributed by atoms with Crippen LogP contribution in [-0.4, -0.2) is 29.3 Å². The van der Waals surface area contributed by atoms with Gasteiger partial charge in [-0.15, -0.1) is 0 Å². The van der Waals surface area contributed by atoms with Crippen LogP contribution in [0.15, 0.2) is 4.52 Å². The number of nitrogens with zero attached hydrogens (tertiary/aromatic N) is 2. The fourth-order valence-corrected chi connectivity index (χ4v) is 1.67. The molecular weight excluding hydrogens is 180 g/mol. The molecule has 1 aromatic rings. The molecule has 0 saturated carbocycles. The molecule has 2 rings (SSSR count). The highest BCUT2D eigenvalue weighted by Gasteiger charge is 2.13. The molecular formula is C9H16N4O. The molecule has 1 saturated heterocycles. The minimum Gasteiger partial charge on any atom is -0.338 e. The Labute approximate surface area is 83.3 Å². The molecule has 78 valence electrons. The smallest absolute Gasteiger partial charge is 0.240 e. The number of rotatable bonds is 3. The van der Waals surface area contributed by atoms with Crippen LogP contribution in [0.4, 0.5) is 0 Å². The van der Waals surface area contributed by atoms with Crippen molar-refractivity contribution < 1.29 is 4.52 Å². The van der Waals surface area contributed by atoms with Crippen LogP contribution < -0.4 is 10.6 Å². The standard InChI is InChI=1S/C9H16N4O/c1-7-12-9(14-13-7)6-11-8-2-4-10-5-3-8/h8,10-11H,2-6H2,1H3. The largest absolute Gasteiger partial charge is 0.338 e. The number of aromatic nitrogens is 2. The van der Waals surface area contributed by atoms with E-state index in [-0.39, 0.29) is 0 Å². The molecule has 0 radical (unpaired) electrons. The van der Waals surface area contributed by atoms with E-state index in [0.29, 0.717) is 24.3 Å². The van der Waals surface area contributed by atoms with Crippen LogP contribution >= 0.6 is 0 Å². The highest BCUT2D eigenvalue weighted by atomic mass is 16.5. The van der Waals surface area contributed by atoms with Crippen molar-refractivity contribution in [3.8, 4) is 0 Å². The molecule has 0 aromatic carbocycles. The molecule has 1 aliphatic heterocycles. The van der Waals surface area contributed by atoms with Gasteiger partial charge >= 0.3 is 0 Å². The van der Waals surface area contributed by atoms with Gasteiger partial charge in [-0.05, 0) is 32.9 Å². The zero-order chi connectivity index (χ0) is 9.80. The molecule has 0 unspecified atom stereocenters. The summed E-state index contributed by atoms with van der Waals surface area (Å²) in [5, 5.41) is 10.5. The van der Waals surface area contributed by atoms with Crippen LogP contribution in [-0.2, 0) is 6.54 Å². The van der Waals surface area contributed by atoms with Crippen LogP contribution in [0.5, 0.6) is 0 Å². The number of piperidine rings is 1. The van der Waals surface area contributed by atoms with Crippen LogP contribution in [0.2, 0.25) is 0 Å². The van der Waals surface area contributed by atoms with Crippen molar-refractivity contribution >= 4 is 0 Å². The maximum absolute atomic E-state index is 5.02. The minimum atomic E-state index is 0.587. The molecule has 1 aliphatic rings. The summed E-state index contributed by atoms with van der Waals surface area (Å²) in [6.07, 6.45) is 2.35. The third-order valence-corrected chi connectivity index (χ3v) is 2.45. The average Bonchev–Trinajstić information content (AvgIpc) is 2.63. The Balaban J connectivity index is 1.76. The molecule has 5 heteroatoms. The molecule has 0 aliphatic carbocycles. The van der Waals surface area contributed by atoms with Crippen molar-refractivity contribution in [2.45, 2.75) is 32.4 Å². The van der Waals surface area contributed by atoms with Crippen molar-refractivity contribution in [1.29, 1.82) is 0 Å². The van der Waals surface area contributed by atoms with E-state index in [2.05, 4.69) is 20.8 Å². The summed E-state index contributed by atoms with van der Waals surface area (Å²) in [4.78, 5) is 4.14. The van der Waals surface area contributed by atoms with Gasteiger partial charge < -0.3 is 15.2 Å². The molecule has 2 N–H and O–H groups in total. The third-order valence-electron chi connectivity index (χ3n) is 2.45. The predicted molar refractivity (Wildman–Crippen MR) is 51.8 cm³/mol. The Morgan fingerprint density at radius 1 is 1.50 bits per heavy atom. The second-order valence-electron chi connectivity index (χ2n) is 3.64. The van der Waals surface area contributed by atoms with Gasteiger partial charge in [0.15, 0.2) is 5.82 Å². The molecule has 0 amide bonds. The number of nitrogens with one attached hydrogen (secondary N) is 2. The van der Waals surface area contributed by atoms with Crippen molar-refractivity contribution in [1.82, 2.24) is 20.8 Å². The van der Waals surface area contributed by atoms with E-state index < -0.39 is 0 Å². The summed E-state index contributed by atoms with van der Waals surface area (Å²) >= 11 is 0. The summed E-state index contributed by atoms with van der Waals surface area (Å²) in [5.74, 6) is 1.38. The topological polar surface area (TPSA) is 63.0 Å². The fraction of sp³-hybridized carbons (Fsp3) is 0.778. The highest BCUT2D eigenvalue weighted by Crippen LogP contribution is 2.03. The lowest BCUT2D eigenvalue weighted by atomic mass is 10.1. The zero-order valence-corrected chi connectivity index (χ0v) is 8.42. The van der Waals surface area contributed by atoms with E-state index in [1.807, 2.05) is 6.92 Å². The summed E-state index contributed by atoms with van der Waals surface area (Å²) in [5.41, 5.74) is 0. The van der Waals surface area contributed by atoms with E-state index >= 15 is 0 Å². The Morgan fingerprint density at radius 3 is 2.93 bits per heavy atom. The van der Waals surface area contributed by atoms with Gasteiger partial charge in [0.1, 0.15) is 0 Å². The number of hydrogen-bond donors (Lipinski definition) is 2. The second kappa shape index (κ2) is 4.52. The molecule has 5 nitrogen and oxygen atoms in total. The fourth-order valence-electron chi connectivity index (χ4n) is 1.67. The van der Waals surface area contributed by atoms with Gasteiger partial charge in [0.05, 0.1) is 6.54 Å². The molecule has 2 heterocycles. The second-order valence-corrected chi connectivity index (χ2v) is 3.64. The van der Waals surface area contributed by atoms with Gasteiger partial charge in [-0.25, -0.2) is 0 Å². The number of hydrogen-bond acceptors (Lipinski definition) is 5. The van der Waals surface area contributed by atoms with Crippen LogP contribution in [0.3, 0.4) is 0 Å². The van der Waals surface area contributed by atoms with Gasteiger partial charge in [0.25, 0.3) is 0 Å². The van der Waals surface area contributed by atoms with Gasteiger partial charge in [-0.2, -0.15) is 4.98 Å². The van der Waals surface area contributed by atoms with Crippen molar-refractivity contribution in [2.24, 2.45) is 0 Å². The normalized spacial score (nSPS) is 18.6. The maximum atomic E-state index is 5.02. The molecule has 0 atom stereocenters. The summed E-state index contributed by atoms with van der Waals surface area (Å²) < 4.78 is 5.02. The van der Waals surface area contributed by atoms with Crippen molar-refractivity contribution in [3.05, 3.63) is 11.7 Å². The summed E-state index contributed by atoms with van der Waals surface area (Å²) in [6.45, 7) is 4.71. The lowest BCUT2D eigenvalue weighted by Gasteiger charge is -2.22. The Bertz CT molecular complexity index is 280. The first-order valence-electron chi connectivity index (χ1n) is 5.08. The van der Waals surface area contributed by atoms with Crippen molar-refractivity contribution in [3.63, 3.8) is 0 Å². The SMILES string of the molecule is Cc1noc(CNC2CCNCC2)n1. The van der Waals surface area contributed by atoms with E-state index in [1.54, 1.807) is 0 Å². The van der Waals surface area contributed by atoms with Gasteiger partial charge in [-0.3, -0.25) is 0 Å². The van der Waals surface area contributed by atoms with Gasteiger partial charge in [-0.1, -0.05) is 5.16 Å². The minimum absolute atomic E-state index is 0.587. The lowest BCUT2D eigenvalue weighted by Crippen LogP contribution is -2.39. The highest BCUT2D eigenvalue weighted by molar-refractivity contribution is 4.84. The Kier molecular flexibility index (Phi) is 3.10.